The van der Waals surface area contributed by atoms with E-state index < -0.39 is 11.0 Å². The lowest BCUT2D eigenvalue weighted by atomic mass is 10.2. The molecule has 0 radical (unpaired) electrons. The maximum Gasteiger partial charge on any atom is 0.292 e. The van der Waals surface area contributed by atoms with Gasteiger partial charge in [-0.25, -0.2) is 0 Å². The zero-order chi connectivity index (χ0) is 19.6. The molecule has 8 nitrogen and oxygen atoms in total. The van der Waals surface area contributed by atoms with Crippen LogP contribution in [0, 0.1) is 10.1 Å². The summed E-state index contributed by atoms with van der Waals surface area (Å²) in [4.78, 5) is 15.7. The van der Waals surface area contributed by atoms with Crippen molar-refractivity contribution >= 4 is 64.2 Å². The second-order valence-corrected chi connectivity index (χ2v) is 7.25. The molecule has 0 aliphatic carbocycles. The van der Waals surface area contributed by atoms with Gasteiger partial charge in [0.05, 0.1) is 15.8 Å². The summed E-state index contributed by atoms with van der Waals surface area (Å²) in [5, 5.41) is 30.4. The predicted octanol–water partition coefficient (Wildman–Crippen LogP) is 3.63. The van der Waals surface area contributed by atoms with Gasteiger partial charge in [0.15, 0.2) is 5.96 Å². The number of nitro groups is 1. The second kappa shape index (κ2) is 12.8. The Balaban J connectivity index is 0.00000392. The summed E-state index contributed by atoms with van der Waals surface area (Å²) in [6.45, 7) is 3.78. The highest BCUT2D eigenvalue weighted by Crippen LogP contribution is 2.27. The van der Waals surface area contributed by atoms with E-state index in [9.17, 15) is 15.2 Å². The standard InChI is InChI=1S/C17H22ClN5O3S.HI/c1-2-19-17(22-11-14(24)15-7-8-16(18)27-15)21-10-9-20-12-5-3-4-6-13(12)23(25)26;/h3-8,14,20,24H,2,9-11H2,1H3,(H2,19,21,22);1H. The Morgan fingerprint density at radius 3 is 2.68 bits per heavy atom. The molecule has 28 heavy (non-hydrogen) atoms. The number of thiophene rings is 1. The molecule has 4 N–H and O–H groups in total. The minimum Gasteiger partial charge on any atom is -0.386 e. The number of aliphatic imine (C=N–C) groups is 1. The van der Waals surface area contributed by atoms with Crippen LogP contribution in [-0.4, -0.2) is 42.2 Å². The van der Waals surface area contributed by atoms with E-state index in [4.69, 9.17) is 11.6 Å². The molecule has 1 heterocycles. The van der Waals surface area contributed by atoms with Crippen LogP contribution in [0.3, 0.4) is 0 Å². The van der Waals surface area contributed by atoms with Crippen molar-refractivity contribution in [1.82, 2.24) is 10.6 Å². The maximum absolute atomic E-state index is 11.0. The lowest BCUT2D eigenvalue weighted by molar-refractivity contribution is -0.384. The minimum absolute atomic E-state index is 0. The first-order valence-electron chi connectivity index (χ1n) is 8.44. The fraction of sp³-hybridized carbons (Fsp3) is 0.353. The Bertz CT molecular complexity index is 790. The van der Waals surface area contributed by atoms with Gasteiger partial charge in [-0.1, -0.05) is 23.7 Å². The molecule has 154 valence electrons. The van der Waals surface area contributed by atoms with Crippen LogP contribution in [0.25, 0.3) is 0 Å². The largest absolute Gasteiger partial charge is 0.386 e. The van der Waals surface area contributed by atoms with E-state index in [1.54, 1.807) is 30.3 Å². The van der Waals surface area contributed by atoms with E-state index in [2.05, 4.69) is 20.9 Å². The summed E-state index contributed by atoms with van der Waals surface area (Å²) >= 11 is 7.20. The Morgan fingerprint density at radius 2 is 2.04 bits per heavy atom. The molecule has 1 aromatic carbocycles. The Hall–Kier alpha value is -1.63. The van der Waals surface area contributed by atoms with Gasteiger partial charge in [-0.15, -0.1) is 35.3 Å². The van der Waals surface area contributed by atoms with Crippen LogP contribution in [-0.2, 0) is 0 Å². The van der Waals surface area contributed by atoms with E-state index in [1.165, 1.54) is 17.4 Å². The summed E-state index contributed by atoms with van der Waals surface area (Å²) in [6, 6.07) is 10.0. The van der Waals surface area contributed by atoms with Gasteiger partial charge in [-0.2, -0.15) is 0 Å². The number of aliphatic hydroxyl groups is 1. The number of benzene rings is 1. The van der Waals surface area contributed by atoms with Crippen molar-refractivity contribution in [2.75, 3.05) is 31.5 Å². The van der Waals surface area contributed by atoms with Crippen molar-refractivity contribution in [3.05, 3.63) is 55.7 Å². The Kier molecular flexibility index (Phi) is 11.1. The first-order valence-corrected chi connectivity index (χ1v) is 9.63. The summed E-state index contributed by atoms with van der Waals surface area (Å²) in [5.74, 6) is 0.559. The number of nitrogens with one attached hydrogen (secondary N) is 3. The lowest BCUT2D eigenvalue weighted by Crippen LogP contribution is -2.39. The lowest BCUT2D eigenvalue weighted by Gasteiger charge is -2.13. The number of hydrogen-bond acceptors (Lipinski definition) is 6. The molecule has 0 saturated carbocycles. The van der Waals surface area contributed by atoms with Crippen molar-refractivity contribution in [2.45, 2.75) is 13.0 Å². The van der Waals surface area contributed by atoms with Crippen molar-refractivity contribution in [1.29, 1.82) is 0 Å². The Labute approximate surface area is 189 Å². The molecule has 1 atom stereocenters. The fourth-order valence-corrected chi connectivity index (χ4v) is 3.32. The molecule has 0 bridgehead atoms. The average Bonchev–Trinajstić information content (AvgIpc) is 3.09. The SMILES string of the molecule is CCNC(=NCC(O)c1ccc(Cl)s1)NCCNc1ccccc1[N+](=O)[O-].I. The van der Waals surface area contributed by atoms with Crippen LogP contribution in [0.5, 0.6) is 0 Å². The van der Waals surface area contributed by atoms with E-state index in [0.29, 0.717) is 35.6 Å². The van der Waals surface area contributed by atoms with Gasteiger partial charge in [0.2, 0.25) is 0 Å². The molecule has 2 rings (SSSR count). The summed E-state index contributed by atoms with van der Waals surface area (Å²) in [5.41, 5.74) is 0.507. The molecule has 0 aliphatic heterocycles. The number of nitro benzene ring substituents is 1. The molecule has 0 aliphatic rings. The van der Waals surface area contributed by atoms with Crippen molar-refractivity contribution in [2.24, 2.45) is 4.99 Å². The predicted molar refractivity (Wildman–Crippen MR) is 125 cm³/mol. The number of hydrogen-bond donors (Lipinski definition) is 4. The van der Waals surface area contributed by atoms with Crippen molar-refractivity contribution < 1.29 is 10.0 Å². The first kappa shape index (κ1) is 24.4. The number of aliphatic hydroxyl groups excluding tert-OH is 1. The molecule has 11 heteroatoms. The third-order valence-corrected chi connectivity index (χ3v) is 4.86. The van der Waals surface area contributed by atoms with E-state index >= 15 is 0 Å². The smallest absolute Gasteiger partial charge is 0.292 e. The van der Waals surface area contributed by atoms with Crippen LogP contribution in [0.1, 0.15) is 17.9 Å². The summed E-state index contributed by atoms with van der Waals surface area (Å²) in [6.07, 6.45) is -0.719. The molecule has 0 amide bonds. The number of guanidine groups is 1. The second-order valence-electron chi connectivity index (χ2n) is 5.51. The molecule has 1 unspecified atom stereocenters. The first-order chi connectivity index (χ1) is 13.0. The zero-order valence-electron chi connectivity index (χ0n) is 15.2. The molecular weight excluding hydrogens is 517 g/mol. The van der Waals surface area contributed by atoms with E-state index in [0.717, 1.165) is 4.88 Å². The van der Waals surface area contributed by atoms with Gasteiger partial charge in [0.25, 0.3) is 5.69 Å². The van der Waals surface area contributed by atoms with Gasteiger partial charge in [0.1, 0.15) is 11.8 Å². The maximum atomic E-state index is 11.0. The van der Waals surface area contributed by atoms with Crippen molar-refractivity contribution in [3.8, 4) is 0 Å². The van der Waals surface area contributed by atoms with Gasteiger partial charge >= 0.3 is 0 Å². The number of anilines is 1. The third kappa shape index (κ3) is 7.78. The fourth-order valence-electron chi connectivity index (χ4n) is 2.28. The Morgan fingerprint density at radius 1 is 1.29 bits per heavy atom. The molecule has 2 aromatic rings. The highest BCUT2D eigenvalue weighted by molar-refractivity contribution is 14.0. The number of rotatable bonds is 9. The quantitative estimate of drug-likeness (QED) is 0.0967. The molecular formula is C17H23ClIN5O3S. The van der Waals surface area contributed by atoms with Crippen LogP contribution >= 0.6 is 46.9 Å². The number of para-hydroxylation sites is 2. The highest BCUT2D eigenvalue weighted by Gasteiger charge is 2.12. The van der Waals surface area contributed by atoms with Crippen LogP contribution in [0.4, 0.5) is 11.4 Å². The van der Waals surface area contributed by atoms with Gasteiger partial charge in [0, 0.05) is 30.6 Å². The summed E-state index contributed by atoms with van der Waals surface area (Å²) < 4.78 is 0.624. The van der Waals surface area contributed by atoms with Gasteiger partial charge < -0.3 is 21.1 Å². The van der Waals surface area contributed by atoms with Crippen LogP contribution in [0.2, 0.25) is 4.34 Å². The van der Waals surface area contributed by atoms with Crippen LogP contribution < -0.4 is 16.0 Å². The van der Waals surface area contributed by atoms with Gasteiger partial charge in [-0.05, 0) is 25.1 Å². The van der Waals surface area contributed by atoms with E-state index in [-0.39, 0.29) is 36.2 Å². The van der Waals surface area contributed by atoms with Crippen LogP contribution in [0.15, 0.2) is 41.4 Å². The topological polar surface area (TPSA) is 112 Å². The zero-order valence-corrected chi connectivity index (χ0v) is 19.1. The number of halogens is 2. The molecule has 0 fully saturated rings. The molecule has 0 spiro atoms. The number of nitrogens with zero attached hydrogens (tertiary/aromatic N) is 2. The van der Waals surface area contributed by atoms with Crippen molar-refractivity contribution in [3.63, 3.8) is 0 Å². The normalized spacial score (nSPS) is 12.0. The molecule has 1 aromatic heterocycles. The minimum atomic E-state index is -0.719. The average molecular weight is 540 g/mol. The molecule has 0 saturated heterocycles. The van der Waals surface area contributed by atoms with Gasteiger partial charge in [-0.3, -0.25) is 15.1 Å². The highest BCUT2D eigenvalue weighted by atomic mass is 127. The monoisotopic (exact) mass is 539 g/mol. The van der Waals surface area contributed by atoms with E-state index in [1.807, 2.05) is 6.92 Å². The third-order valence-electron chi connectivity index (χ3n) is 3.52. The summed E-state index contributed by atoms with van der Waals surface area (Å²) in [7, 11) is 0.